The minimum atomic E-state index is -0.280. The van der Waals surface area contributed by atoms with E-state index in [1.165, 1.54) is 0 Å². The molecular weight excluding hydrogens is 266 g/mol. The number of urea groups is 1. The normalized spacial score (nSPS) is 19.1. The zero-order valence-corrected chi connectivity index (χ0v) is 13.3. The van der Waals surface area contributed by atoms with Gasteiger partial charge in [0.1, 0.15) is 0 Å². The number of nitrogens with one attached hydrogen (secondary N) is 2. The molecule has 116 valence electrons. The molecular formula is C16H25N3O2. The van der Waals surface area contributed by atoms with Gasteiger partial charge in [-0.25, -0.2) is 4.79 Å². The van der Waals surface area contributed by atoms with E-state index < -0.39 is 0 Å². The second kappa shape index (κ2) is 6.45. The van der Waals surface area contributed by atoms with Crippen LogP contribution in [0, 0.1) is 0 Å². The van der Waals surface area contributed by atoms with Gasteiger partial charge in [0, 0.05) is 18.3 Å². The molecule has 2 amide bonds. The van der Waals surface area contributed by atoms with Crippen molar-refractivity contribution in [1.29, 1.82) is 0 Å². The van der Waals surface area contributed by atoms with Crippen LogP contribution in [-0.2, 0) is 4.74 Å². The van der Waals surface area contributed by atoms with E-state index >= 15 is 0 Å². The zero-order valence-electron chi connectivity index (χ0n) is 13.3. The smallest absolute Gasteiger partial charge is 0.322 e. The molecule has 1 saturated heterocycles. The summed E-state index contributed by atoms with van der Waals surface area (Å²) in [6, 6.07) is 8.11. The van der Waals surface area contributed by atoms with Crippen molar-refractivity contribution >= 4 is 11.7 Å². The van der Waals surface area contributed by atoms with Crippen molar-refractivity contribution in [1.82, 2.24) is 10.2 Å². The largest absolute Gasteiger partial charge is 0.372 e. The molecule has 2 N–H and O–H groups in total. The van der Waals surface area contributed by atoms with E-state index in [1.54, 1.807) is 4.90 Å². The molecule has 1 aromatic carbocycles. The van der Waals surface area contributed by atoms with E-state index in [0.717, 1.165) is 11.3 Å². The molecule has 0 aliphatic carbocycles. The number of nitrogens with zero attached hydrogens (tertiary/aromatic N) is 1. The standard InChI is InChI=1S/C16H25N3O2/c1-12(17-4)13-6-5-7-14(10-13)18-15(20)19-8-9-21-16(2,3)11-19/h5-7,10,12,17H,8-9,11H2,1-4H3,(H,18,20). The van der Waals surface area contributed by atoms with Crippen molar-refractivity contribution in [3.05, 3.63) is 29.8 Å². The first kappa shape index (κ1) is 15.8. The maximum absolute atomic E-state index is 12.3. The maximum Gasteiger partial charge on any atom is 0.322 e. The summed E-state index contributed by atoms with van der Waals surface area (Å²) >= 11 is 0. The Morgan fingerprint density at radius 3 is 2.86 bits per heavy atom. The highest BCUT2D eigenvalue weighted by Gasteiger charge is 2.29. The number of morpholine rings is 1. The van der Waals surface area contributed by atoms with Crippen LogP contribution in [0.5, 0.6) is 0 Å². The van der Waals surface area contributed by atoms with Crippen molar-refractivity contribution in [3.8, 4) is 0 Å². The summed E-state index contributed by atoms with van der Waals surface area (Å²) < 4.78 is 5.63. The maximum atomic E-state index is 12.3. The highest BCUT2D eigenvalue weighted by atomic mass is 16.5. The molecule has 1 aliphatic heterocycles. The lowest BCUT2D eigenvalue weighted by Crippen LogP contribution is -2.51. The molecule has 1 aliphatic rings. The minimum absolute atomic E-state index is 0.0689. The van der Waals surface area contributed by atoms with Gasteiger partial charge < -0.3 is 20.3 Å². The minimum Gasteiger partial charge on any atom is -0.372 e. The molecule has 0 radical (unpaired) electrons. The van der Waals surface area contributed by atoms with Crippen LogP contribution in [0.25, 0.3) is 0 Å². The topological polar surface area (TPSA) is 53.6 Å². The Hall–Kier alpha value is -1.59. The SMILES string of the molecule is CNC(C)c1cccc(NC(=O)N2CCOC(C)(C)C2)c1. The third-order valence-corrected chi connectivity index (χ3v) is 3.78. The Morgan fingerprint density at radius 1 is 1.43 bits per heavy atom. The molecule has 1 unspecified atom stereocenters. The van der Waals surface area contributed by atoms with E-state index in [4.69, 9.17) is 4.74 Å². The van der Waals surface area contributed by atoms with Crippen molar-refractivity contribution in [2.75, 3.05) is 32.1 Å². The molecule has 0 bridgehead atoms. The van der Waals surface area contributed by atoms with Gasteiger partial charge >= 0.3 is 6.03 Å². The van der Waals surface area contributed by atoms with Crippen molar-refractivity contribution in [3.63, 3.8) is 0 Å². The van der Waals surface area contributed by atoms with Crippen LogP contribution in [0.15, 0.2) is 24.3 Å². The van der Waals surface area contributed by atoms with Crippen LogP contribution in [0.1, 0.15) is 32.4 Å². The highest BCUT2D eigenvalue weighted by molar-refractivity contribution is 5.89. The fourth-order valence-corrected chi connectivity index (χ4v) is 2.44. The van der Waals surface area contributed by atoms with Crippen molar-refractivity contribution < 1.29 is 9.53 Å². The summed E-state index contributed by atoms with van der Waals surface area (Å²) in [5.74, 6) is 0. The van der Waals surface area contributed by atoms with Gasteiger partial charge in [0.25, 0.3) is 0 Å². The lowest BCUT2D eigenvalue weighted by molar-refractivity contribution is -0.0720. The first-order valence-corrected chi connectivity index (χ1v) is 7.38. The Balaban J connectivity index is 2.02. The molecule has 1 fully saturated rings. The molecule has 0 saturated carbocycles. The summed E-state index contributed by atoms with van der Waals surface area (Å²) in [5, 5.41) is 6.17. The molecule has 21 heavy (non-hydrogen) atoms. The molecule has 0 aromatic heterocycles. The van der Waals surface area contributed by atoms with Gasteiger partial charge in [-0.1, -0.05) is 12.1 Å². The van der Waals surface area contributed by atoms with Crippen molar-refractivity contribution in [2.45, 2.75) is 32.4 Å². The third-order valence-electron chi connectivity index (χ3n) is 3.78. The lowest BCUT2D eigenvalue weighted by atomic mass is 10.1. The van der Waals surface area contributed by atoms with Crippen molar-refractivity contribution in [2.24, 2.45) is 0 Å². The van der Waals surface area contributed by atoms with E-state index in [0.29, 0.717) is 19.7 Å². The second-order valence-corrected chi connectivity index (χ2v) is 6.10. The Kier molecular flexibility index (Phi) is 4.85. The van der Waals surface area contributed by atoms with Gasteiger partial charge in [-0.3, -0.25) is 0 Å². The molecule has 5 nitrogen and oxygen atoms in total. The Labute approximate surface area is 126 Å². The fraction of sp³-hybridized carbons (Fsp3) is 0.562. The molecule has 1 atom stereocenters. The van der Waals surface area contributed by atoms with Gasteiger partial charge in [-0.05, 0) is 45.5 Å². The number of carbonyl (C=O) groups excluding carboxylic acids is 1. The van der Waals surface area contributed by atoms with Crippen LogP contribution in [0.2, 0.25) is 0 Å². The number of amides is 2. The van der Waals surface area contributed by atoms with Crippen LogP contribution in [0.4, 0.5) is 10.5 Å². The monoisotopic (exact) mass is 291 g/mol. The summed E-state index contributed by atoms with van der Waals surface area (Å²) in [6.07, 6.45) is 0. The average Bonchev–Trinajstić information content (AvgIpc) is 2.45. The number of hydrogen-bond donors (Lipinski definition) is 2. The number of benzene rings is 1. The number of ether oxygens (including phenoxy) is 1. The van der Waals surface area contributed by atoms with Gasteiger partial charge in [-0.15, -0.1) is 0 Å². The van der Waals surface area contributed by atoms with E-state index in [1.807, 2.05) is 39.1 Å². The molecule has 0 spiro atoms. The summed E-state index contributed by atoms with van der Waals surface area (Å²) in [6.45, 7) is 7.90. The van der Waals surface area contributed by atoms with Crippen LogP contribution in [0.3, 0.4) is 0 Å². The van der Waals surface area contributed by atoms with E-state index in [2.05, 4.69) is 23.6 Å². The van der Waals surface area contributed by atoms with Crippen LogP contribution < -0.4 is 10.6 Å². The first-order valence-electron chi connectivity index (χ1n) is 7.38. The number of rotatable bonds is 3. The highest BCUT2D eigenvalue weighted by Crippen LogP contribution is 2.20. The van der Waals surface area contributed by atoms with Gasteiger partial charge in [0.15, 0.2) is 0 Å². The number of hydrogen-bond acceptors (Lipinski definition) is 3. The predicted octanol–water partition coefficient (Wildman–Crippen LogP) is 2.61. The summed E-state index contributed by atoms with van der Waals surface area (Å²) in [5.41, 5.74) is 1.69. The molecule has 1 heterocycles. The van der Waals surface area contributed by atoms with E-state index in [9.17, 15) is 4.79 Å². The summed E-state index contributed by atoms with van der Waals surface area (Å²) in [7, 11) is 1.92. The fourth-order valence-electron chi connectivity index (χ4n) is 2.44. The molecule has 5 heteroatoms. The first-order chi connectivity index (χ1) is 9.91. The second-order valence-electron chi connectivity index (χ2n) is 6.10. The lowest BCUT2D eigenvalue weighted by Gasteiger charge is -2.38. The Bertz CT molecular complexity index is 502. The molecule has 1 aromatic rings. The van der Waals surface area contributed by atoms with Crippen LogP contribution >= 0.6 is 0 Å². The quantitative estimate of drug-likeness (QED) is 0.900. The van der Waals surface area contributed by atoms with Gasteiger partial charge in [-0.2, -0.15) is 0 Å². The summed E-state index contributed by atoms with van der Waals surface area (Å²) in [4.78, 5) is 14.2. The third kappa shape index (κ3) is 4.19. The Morgan fingerprint density at radius 2 is 2.19 bits per heavy atom. The predicted molar refractivity (Wildman–Crippen MR) is 84.5 cm³/mol. The van der Waals surface area contributed by atoms with Gasteiger partial charge in [0.2, 0.25) is 0 Å². The molecule has 2 rings (SSSR count). The van der Waals surface area contributed by atoms with Crippen LogP contribution in [-0.4, -0.2) is 43.3 Å². The van der Waals surface area contributed by atoms with E-state index in [-0.39, 0.29) is 17.7 Å². The number of anilines is 1. The van der Waals surface area contributed by atoms with Gasteiger partial charge in [0.05, 0.1) is 18.8 Å². The zero-order chi connectivity index (χ0) is 15.5. The number of carbonyl (C=O) groups is 1. The average molecular weight is 291 g/mol.